The Bertz CT molecular complexity index is 1420. The normalized spacial score (nSPS) is 16.7. The van der Waals surface area contributed by atoms with Crippen LogP contribution in [0.4, 0.5) is 5.13 Å². The number of hydrogen-bond donors (Lipinski definition) is 1. The maximum atomic E-state index is 11.3. The predicted molar refractivity (Wildman–Crippen MR) is 141 cm³/mol. The first-order valence-corrected chi connectivity index (χ1v) is 13.5. The highest BCUT2D eigenvalue weighted by molar-refractivity contribution is 7.22. The maximum Gasteiger partial charge on any atom is 0.335 e. The molecule has 2 fully saturated rings. The maximum absolute atomic E-state index is 11.3. The molecule has 1 saturated carbocycles. The van der Waals surface area contributed by atoms with E-state index >= 15 is 0 Å². The molecule has 6 rings (SSSR count). The van der Waals surface area contributed by atoms with Crippen molar-refractivity contribution in [3.8, 4) is 11.3 Å². The Morgan fingerprint density at radius 1 is 1.14 bits per heavy atom. The lowest BCUT2D eigenvalue weighted by Crippen LogP contribution is -2.36. The van der Waals surface area contributed by atoms with E-state index in [1.54, 1.807) is 30.3 Å². The van der Waals surface area contributed by atoms with Crippen molar-refractivity contribution in [1.82, 2.24) is 10.1 Å². The van der Waals surface area contributed by atoms with Crippen LogP contribution in [0.3, 0.4) is 0 Å². The fourth-order valence-electron chi connectivity index (χ4n) is 4.64. The van der Waals surface area contributed by atoms with Gasteiger partial charge in [-0.2, -0.15) is 0 Å². The number of anilines is 1. The number of carboxylic acid groups (broad SMARTS) is 1. The van der Waals surface area contributed by atoms with Crippen molar-refractivity contribution >= 4 is 55.9 Å². The van der Waals surface area contributed by atoms with E-state index in [0.717, 1.165) is 65.4 Å². The van der Waals surface area contributed by atoms with Crippen molar-refractivity contribution in [1.29, 1.82) is 0 Å². The molecule has 10 heteroatoms. The number of thiazole rings is 1. The number of carbonyl (C=O) groups is 1. The molecular formula is C26H23Cl2N3O4S. The van der Waals surface area contributed by atoms with Crippen LogP contribution in [-0.2, 0) is 11.3 Å². The molecule has 0 amide bonds. The van der Waals surface area contributed by atoms with Gasteiger partial charge in [-0.15, -0.1) is 0 Å². The van der Waals surface area contributed by atoms with Crippen LogP contribution in [-0.4, -0.2) is 40.4 Å². The third-order valence-corrected chi connectivity index (χ3v) is 8.48. The molecule has 1 aliphatic carbocycles. The molecule has 2 aromatic carbocycles. The molecule has 1 saturated heterocycles. The molecule has 0 atom stereocenters. The topological polar surface area (TPSA) is 88.7 Å². The van der Waals surface area contributed by atoms with Crippen LogP contribution < -0.4 is 4.90 Å². The van der Waals surface area contributed by atoms with Gasteiger partial charge < -0.3 is 19.3 Å². The minimum atomic E-state index is -0.928. The molecule has 1 aliphatic heterocycles. The van der Waals surface area contributed by atoms with Gasteiger partial charge in [-0.3, -0.25) is 0 Å². The summed E-state index contributed by atoms with van der Waals surface area (Å²) < 4.78 is 13.0. The first kappa shape index (κ1) is 23.7. The SMILES string of the molecule is O=C(O)c1ccc2nc(N3CCC(OCc4c(-c5c(Cl)cccc5Cl)noc4C4CC4)CC3)sc2c1. The number of benzene rings is 2. The van der Waals surface area contributed by atoms with Crippen molar-refractivity contribution in [3.63, 3.8) is 0 Å². The van der Waals surface area contributed by atoms with Crippen LogP contribution in [0.25, 0.3) is 21.5 Å². The summed E-state index contributed by atoms with van der Waals surface area (Å²) in [6.45, 7) is 2.03. The molecule has 4 aromatic rings. The van der Waals surface area contributed by atoms with E-state index in [4.69, 9.17) is 37.4 Å². The molecule has 1 N–H and O–H groups in total. The highest BCUT2D eigenvalue weighted by Crippen LogP contribution is 2.46. The third kappa shape index (κ3) is 4.59. The zero-order valence-corrected chi connectivity index (χ0v) is 21.6. The van der Waals surface area contributed by atoms with Crippen LogP contribution in [0.1, 0.15) is 53.3 Å². The van der Waals surface area contributed by atoms with Crippen LogP contribution in [0.2, 0.25) is 10.0 Å². The van der Waals surface area contributed by atoms with Gasteiger partial charge in [0.1, 0.15) is 11.5 Å². The molecule has 0 bridgehead atoms. The Labute approximate surface area is 221 Å². The van der Waals surface area contributed by atoms with E-state index in [-0.39, 0.29) is 11.7 Å². The zero-order valence-electron chi connectivity index (χ0n) is 19.2. The van der Waals surface area contributed by atoms with Crippen LogP contribution in [0.15, 0.2) is 40.9 Å². The quantitative estimate of drug-likeness (QED) is 0.268. The van der Waals surface area contributed by atoms with Crippen LogP contribution >= 0.6 is 34.5 Å². The van der Waals surface area contributed by atoms with Crippen LogP contribution in [0.5, 0.6) is 0 Å². The van der Waals surface area contributed by atoms with Crippen molar-refractivity contribution in [2.75, 3.05) is 18.0 Å². The zero-order chi connectivity index (χ0) is 24.8. The van der Waals surface area contributed by atoms with E-state index in [2.05, 4.69) is 10.1 Å². The van der Waals surface area contributed by atoms with Crippen molar-refractivity contribution in [3.05, 3.63) is 63.3 Å². The summed E-state index contributed by atoms with van der Waals surface area (Å²) in [4.78, 5) is 18.2. The van der Waals surface area contributed by atoms with Gasteiger partial charge in [0.15, 0.2) is 5.13 Å². The largest absolute Gasteiger partial charge is 0.478 e. The number of ether oxygens (including phenoxy) is 1. The summed E-state index contributed by atoms with van der Waals surface area (Å²) >= 11 is 14.5. The van der Waals surface area contributed by atoms with Gasteiger partial charge in [0.05, 0.1) is 38.5 Å². The summed E-state index contributed by atoms with van der Waals surface area (Å²) in [5.74, 6) is 0.338. The average molecular weight is 544 g/mol. The first-order chi connectivity index (χ1) is 17.5. The van der Waals surface area contributed by atoms with Gasteiger partial charge >= 0.3 is 5.97 Å². The lowest BCUT2D eigenvalue weighted by Gasteiger charge is -2.31. The molecule has 36 heavy (non-hydrogen) atoms. The second-order valence-corrected chi connectivity index (χ2v) is 11.0. The molecule has 0 spiro atoms. The summed E-state index contributed by atoms with van der Waals surface area (Å²) in [6, 6.07) is 10.5. The molecule has 2 aliphatic rings. The number of fused-ring (bicyclic) bond motifs is 1. The fraction of sp³-hybridized carbons (Fsp3) is 0.346. The van der Waals surface area contributed by atoms with Gasteiger partial charge in [0.25, 0.3) is 0 Å². The number of halogens is 2. The second-order valence-electron chi connectivity index (χ2n) is 9.23. The lowest BCUT2D eigenvalue weighted by molar-refractivity contribution is 0.0246. The monoisotopic (exact) mass is 543 g/mol. The Morgan fingerprint density at radius 2 is 1.89 bits per heavy atom. The van der Waals surface area contributed by atoms with Crippen molar-refractivity contribution < 1.29 is 19.2 Å². The first-order valence-electron chi connectivity index (χ1n) is 11.9. The molecule has 0 unspecified atom stereocenters. The van der Waals surface area contributed by atoms with Crippen LogP contribution in [0, 0.1) is 0 Å². The van der Waals surface area contributed by atoms with E-state index in [1.807, 2.05) is 6.07 Å². The highest BCUT2D eigenvalue weighted by Gasteiger charge is 2.34. The van der Waals surface area contributed by atoms with Gasteiger partial charge in [-0.1, -0.05) is 45.8 Å². The number of aromatic nitrogens is 2. The number of nitrogens with zero attached hydrogens (tertiary/aromatic N) is 3. The van der Waals surface area contributed by atoms with Gasteiger partial charge in [0.2, 0.25) is 0 Å². The predicted octanol–water partition coefficient (Wildman–Crippen LogP) is 7.02. The molecular weight excluding hydrogens is 521 g/mol. The van der Waals surface area contributed by atoms with E-state index in [1.165, 1.54) is 11.3 Å². The van der Waals surface area contributed by atoms with Gasteiger partial charge in [0, 0.05) is 30.1 Å². The highest BCUT2D eigenvalue weighted by atomic mass is 35.5. The van der Waals surface area contributed by atoms with E-state index in [9.17, 15) is 9.90 Å². The van der Waals surface area contributed by atoms with Crippen molar-refractivity contribution in [2.24, 2.45) is 0 Å². The minimum Gasteiger partial charge on any atom is -0.478 e. The summed E-state index contributed by atoms with van der Waals surface area (Å²) in [6.07, 6.45) is 4.01. The van der Waals surface area contributed by atoms with E-state index < -0.39 is 5.97 Å². The Hall–Kier alpha value is -2.65. The fourth-order valence-corrected chi connectivity index (χ4v) is 6.28. The Morgan fingerprint density at radius 3 is 2.58 bits per heavy atom. The lowest BCUT2D eigenvalue weighted by atomic mass is 10.0. The average Bonchev–Trinajstić information content (AvgIpc) is 3.49. The molecule has 3 heterocycles. The van der Waals surface area contributed by atoms with Gasteiger partial charge in [-0.05, 0) is 56.0 Å². The number of hydrogen-bond acceptors (Lipinski definition) is 7. The minimum absolute atomic E-state index is 0.103. The van der Waals surface area contributed by atoms with E-state index in [0.29, 0.717) is 33.8 Å². The summed E-state index contributed by atoms with van der Waals surface area (Å²) in [5, 5.41) is 15.6. The number of carboxylic acids is 1. The van der Waals surface area contributed by atoms with Crippen molar-refractivity contribution in [2.45, 2.75) is 44.3 Å². The molecule has 0 radical (unpaired) electrons. The standard InChI is InChI=1S/C26H23Cl2N3O4S/c27-18-2-1-3-19(28)22(18)23-17(24(35-30-23)14-4-5-14)13-34-16-8-10-31(11-9-16)26-29-20-7-6-15(25(32)33)12-21(20)36-26/h1-3,6-7,12,14,16H,4-5,8-11,13H2,(H,32,33). The number of piperidine rings is 1. The number of aromatic carboxylic acids is 1. The summed E-state index contributed by atoms with van der Waals surface area (Å²) in [7, 11) is 0. The Balaban J connectivity index is 1.14. The second kappa shape index (κ2) is 9.67. The Kier molecular flexibility index (Phi) is 6.37. The molecule has 7 nitrogen and oxygen atoms in total. The molecule has 2 aromatic heterocycles. The smallest absolute Gasteiger partial charge is 0.335 e. The number of rotatable bonds is 7. The third-order valence-electron chi connectivity index (χ3n) is 6.77. The van der Waals surface area contributed by atoms with Gasteiger partial charge in [-0.25, -0.2) is 9.78 Å². The summed E-state index contributed by atoms with van der Waals surface area (Å²) in [5.41, 5.74) is 3.40. The molecule has 186 valence electrons.